The molecular weight excluding hydrogens is 593 g/mol. The number of nitrogens with zero attached hydrogens (tertiary/aromatic N) is 2. The molecule has 0 unspecified atom stereocenters. The monoisotopic (exact) mass is 624 g/mol. The van der Waals surface area contributed by atoms with Crippen molar-refractivity contribution < 1.29 is 0 Å². The van der Waals surface area contributed by atoms with Gasteiger partial charge in [0.1, 0.15) is 0 Å². The third kappa shape index (κ3) is 4.20. The third-order valence-electron chi connectivity index (χ3n) is 10.9. The summed E-state index contributed by atoms with van der Waals surface area (Å²) < 4.78 is 0. The highest BCUT2D eigenvalue weighted by atomic mass is 14.6. The summed E-state index contributed by atoms with van der Waals surface area (Å²) in [6.45, 7) is 4.71. The SMILES string of the molecule is CC1(C)c2cc(-c3ccncc3)ccc2-c2ccc(-c3ccc(-c4ccc5ccc6c(-c7cccnc7)ccc7ccc4c5c76)cc3)cc21. The topological polar surface area (TPSA) is 25.8 Å². The van der Waals surface area contributed by atoms with E-state index >= 15 is 0 Å². The molecule has 0 fully saturated rings. The predicted octanol–water partition coefficient (Wildman–Crippen LogP) is 12.3. The largest absolute Gasteiger partial charge is 0.265 e. The molecule has 0 aliphatic heterocycles. The van der Waals surface area contributed by atoms with Gasteiger partial charge in [-0.1, -0.05) is 117 Å². The lowest BCUT2D eigenvalue weighted by atomic mass is 9.81. The Morgan fingerprint density at radius 2 is 0.878 bits per heavy atom. The van der Waals surface area contributed by atoms with E-state index in [0.29, 0.717) is 0 Å². The standard InChI is InChI=1S/C47H32N2/c1-47(2)43-26-34(13-17-39(43)40-18-14-35(27-44(40)47)30-21-24-48-25-22-30)29-5-7-31(8-6-29)37-15-9-32-12-20-42-38(36-4-3-23-49-28-36)16-10-33-11-19-41(37)45(32)46(33)42/h3-28H,1-2H3. The minimum absolute atomic E-state index is 0.0950. The number of aromatic nitrogens is 2. The van der Waals surface area contributed by atoms with E-state index in [0.717, 1.165) is 5.56 Å². The Balaban J connectivity index is 1.03. The summed E-state index contributed by atoms with van der Waals surface area (Å²) in [4.78, 5) is 8.60. The second-order valence-corrected chi connectivity index (χ2v) is 13.8. The van der Waals surface area contributed by atoms with Gasteiger partial charge in [-0.05, 0) is 124 Å². The third-order valence-corrected chi connectivity index (χ3v) is 10.9. The van der Waals surface area contributed by atoms with Gasteiger partial charge >= 0.3 is 0 Å². The molecule has 0 atom stereocenters. The van der Waals surface area contributed by atoms with Crippen LogP contribution in [0.1, 0.15) is 25.0 Å². The molecule has 0 spiro atoms. The minimum Gasteiger partial charge on any atom is -0.265 e. The first-order valence-corrected chi connectivity index (χ1v) is 17.0. The van der Waals surface area contributed by atoms with E-state index in [-0.39, 0.29) is 5.41 Å². The molecular formula is C47H32N2. The number of hydrogen-bond acceptors (Lipinski definition) is 2. The molecule has 0 N–H and O–H groups in total. The second kappa shape index (κ2) is 10.4. The van der Waals surface area contributed by atoms with Crippen LogP contribution in [-0.2, 0) is 5.41 Å². The van der Waals surface area contributed by atoms with Crippen LogP contribution in [0.25, 0.3) is 88.0 Å². The van der Waals surface area contributed by atoms with Gasteiger partial charge in [-0.25, -0.2) is 0 Å². The molecule has 2 aromatic heterocycles. The molecule has 2 heteroatoms. The van der Waals surface area contributed by atoms with Crippen molar-refractivity contribution in [1.29, 1.82) is 0 Å². The Morgan fingerprint density at radius 3 is 1.45 bits per heavy atom. The smallest absolute Gasteiger partial charge is 0.0346 e. The summed E-state index contributed by atoms with van der Waals surface area (Å²) in [6, 6.07) is 49.6. The van der Waals surface area contributed by atoms with Gasteiger partial charge in [0.25, 0.3) is 0 Å². The van der Waals surface area contributed by atoms with E-state index in [1.54, 1.807) is 0 Å². The van der Waals surface area contributed by atoms with Crippen molar-refractivity contribution in [3.63, 3.8) is 0 Å². The molecule has 2 heterocycles. The first-order chi connectivity index (χ1) is 24.0. The van der Waals surface area contributed by atoms with Crippen molar-refractivity contribution in [2.45, 2.75) is 19.3 Å². The Bertz CT molecular complexity index is 2710. The van der Waals surface area contributed by atoms with Crippen LogP contribution < -0.4 is 0 Å². The van der Waals surface area contributed by atoms with Crippen molar-refractivity contribution >= 4 is 32.3 Å². The van der Waals surface area contributed by atoms with Gasteiger partial charge in [-0.15, -0.1) is 0 Å². The van der Waals surface area contributed by atoms with Gasteiger partial charge < -0.3 is 0 Å². The molecule has 10 rings (SSSR count). The second-order valence-electron chi connectivity index (χ2n) is 13.8. The van der Waals surface area contributed by atoms with E-state index in [4.69, 9.17) is 0 Å². The zero-order valence-corrected chi connectivity index (χ0v) is 27.4. The molecule has 1 aliphatic carbocycles. The molecule has 0 saturated carbocycles. The number of rotatable bonds is 4. The van der Waals surface area contributed by atoms with Crippen molar-refractivity contribution in [2.24, 2.45) is 0 Å². The zero-order valence-electron chi connectivity index (χ0n) is 27.4. The van der Waals surface area contributed by atoms with Gasteiger partial charge in [0, 0.05) is 35.8 Å². The van der Waals surface area contributed by atoms with Gasteiger partial charge in [-0.3, -0.25) is 9.97 Å². The van der Waals surface area contributed by atoms with Gasteiger partial charge in [-0.2, -0.15) is 0 Å². The van der Waals surface area contributed by atoms with Crippen LogP contribution in [0.4, 0.5) is 0 Å². The van der Waals surface area contributed by atoms with Crippen LogP contribution >= 0.6 is 0 Å². The molecule has 1 aliphatic rings. The molecule has 0 saturated heterocycles. The van der Waals surface area contributed by atoms with E-state index < -0.39 is 0 Å². The zero-order chi connectivity index (χ0) is 32.7. The molecule has 0 amide bonds. The van der Waals surface area contributed by atoms with Crippen LogP contribution in [0, 0.1) is 0 Å². The fourth-order valence-electron chi connectivity index (χ4n) is 8.31. The fourth-order valence-corrected chi connectivity index (χ4v) is 8.31. The lowest BCUT2D eigenvalue weighted by molar-refractivity contribution is 0.661. The highest BCUT2D eigenvalue weighted by molar-refractivity contribution is 6.27. The molecule has 49 heavy (non-hydrogen) atoms. The number of benzene rings is 7. The van der Waals surface area contributed by atoms with Crippen LogP contribution in [0.5, 0.6) is 0 Å². The Kier molecular flexibility index (Phi) is 5.95. The van der Waals surface area contributed by atoms with Crippen molar-refractivity contribution in [3.8, 4) is 55.6 Å². The van der Waals surface area contributed by atoms with Gasteiger partial charge in [0.2, 0.25) is 0 Å². The first-order valence-electron chi connectivity index (χ1n) is 17.0. The average Bonchev–Trinajstić information content (AvgIpc) is 3.39. The van der Waals surface area contributed by atoms with Crippen LogP contribution in [-0.4, -0.2) is 9.97 Å². The highest BCUT2D eigenvalue weighted by Crippen LogP contribution is 2.51. The summed E-state index contributed by atoms with van der Waals surface area (Å²) in [6.07, 6.45) is 7.52. The van der Waals surface area contributed by atoms with Crippen LogP contribution in [0.3, 0.4) is 0 Å². The number of hydrogen-bond donors (Lipinski definition) is 0. The first kappa shape index (κ1) is 27.9. The minimum atomic E-state index is -0.0950. The van der Waals surface area contributed by atoms with E-state index in [9.17, 15) is 0 Å². The number of fused-ring (bicyclic) bond motifs is 3. The quantitative estimate of drug-likeness (QED) is 0.182. The van der Waals surface area contributed by atoms with E-state index in [2.05, 4.69) is 151 Å². The lowest BCUT2D eigenvalue weighted by Crippen LogP contribution is -2.15. The maximum Gasteiger partial charge on any atom is 0.0346 e. The summed E-state index contributed by atoms with van der Waals surface area (Å²) >= 11 is 0. The highest BCUT2D eigenvalue weighted by Gasteiger charge is 2.35. The lowest BCUT2D eigenvalue weighted by Gasteiger charge is -2.22. The fraction of sp³-hybridized carbons (Fsp3) is 0.0638. The predicted molar refractivity (Wildman–Crippen MR) is 205 cm³/mol. The molecule has 230 valence electrons. The van der Waals surface area contributed by atoms with E-state index in [1.165, 1.54) is 93.5 Å². The Morgan fingerprint density at radius 1 is 0.388 bits per heavy atom. The Hall–Kier alpha value is -6.12. The average molecular weight is 625 g/mol. The molecule has 0 bridgehead atoms. The summed E-state index contributed by atoms with van der Waals surface area (Å²) in [5.74, 6) is 0. The van der Waals surface area contributed by atoms with E-state index in [1.807, 2.05) is 30.9 Å². The molecule has 2 nitrogen and oxygen atoms in total. The summed E-state index contributed by atoms with van der Waals surface area (Å²) in [5.41, 5.74) is 15.1. The molecule has 9 aromatic rings. The summed E-state index contributed by atoms with van der Waals surface area (Å²) in [5, 5.41) is 7.75. The van der Waals surface area contributed by atoms with Crippen molar-refractivity contribution in [1.82, 2.24) is 9.97 Å². The van der Waals surface area contributed by atoms with Crippen molar-refractivity contribution in [2.75, 3.05) is 0 Å². The van der Waals surface area contributed by atoms with Crippen molar-refractivity contribution in [3.05, 3.63) is 169 Å². The van der Waals surface area contributed by atoms with Crippen LogP contribution in [0.15, 0.2) is 158 Å². The summed E-state index contributed by atoms with van der Waals surface area (Å²) in [7, 11) is 0. The van der Waals surface area contributed by atoms with Gasteiger partial charge in [0.15, 0.2) is 0 Å². The number of pyridine rings is 2. The Labute approximate surface area is 285 Å². The maximum absolute atomic E-state index is 4.40. The normalized spacial score (nSPS) is 13.3. The molecule has 0 radical (unpaired) electrons. The molecule has 7 aromatic carbocycles. The van der Waals surface area contributed by atoms with Crippen LogP contribution in [0.2, 0.25) is 0 Å². The maximum atomic E-state index is 4.40. The van der Waals surface area contributed by atoms with Gasteiger partial charge in [0.05, 0.1) is 0 Å².